The van der Waals surface area contributed by atoms with E-state index in [2.05, 4.69) is 12.2 Å². The largest absolute Gasteiger partial charge is 0.492 e. The van der Waals surface area contributed by atoms with Crippen LogP contribution in [-0.2, 0) is 6.54 Å². The van der Waals surface area contributed by atoms with E-state index >= 15 is 0 Å². The summed E-state index contributed by atoms with van der Waals surface area (Å²) in [6, 6.07) is 5.75. The van der Waals surface area contributed by atoms with Gasteiger partial charge in [0.15, 0.2) is 0 Å². The molecular weight excluding hydrogens is 238 g/mol. The maximum Gasteiger partial charge on any atom is 0.137 e. The molecule has 0 spiro atoms. The Morgan fingerprint density at radius 1 is 1.47 bits per heavy atom. The summed E-state index contributed by atoms with van der Waals surface area (Å²) < 4.78 is 5.49. The predicted molar refractivity (Wildman–Crippen MR) is 70.6 cm³/mol. The molecule has 0 aliphatic heterocycles. The van der Waals surface area contributed by atoms with Crippen LogP contribution in [0.15, 0.2) is 18.2 Å². The smallest absolute Gasteiger partial charge is 0.137 e. The van der Waals surface area contributed by atoms with Crippen LogP contribution >= 0.6 is 11.6 Å². The van der Waals surface area contributed by atoms with Gasteiger partial charge in [-0.3, -0.25) is 0 Å². The molecule has 0 amide bonds. The number of rotatable bonds is 7. The molecule has 0 aromatic heterocycles. The third-order valence-electron chi connectivity index (χ3n) is 2.23. The number of ether oxygens (including phenoxy) is 1. The minimum Gasteiger partial charge on any atom is -0.492 e. The van der Waals surface area contributed by atoms with Gasteiger partial charge in [0.2, 0.25) is 0 Å². The van der Waals surface area contributed by atoms with Gasteiger partial charge in [-0.1, -0.05) is 24.6 Å². The second kappa shape index (κ2) is 7.54. The zero-order chi connectivity index (χ0) is 12.7. The normalized spacial score (nSPS) is 12.5. The van der Waals surface area contributed by atoms with E-state index in [1.807, 2.05) is 18.2 Å². The van der Waals surface area contributed by atoms with Crippen molar-refractivity contribution in [3.63, 3.8) is 0 Å². The molecule has 17 heavy (non-hydrogen) atoms. The Kier molecular flexibility index (Phi) is 6.34. The first-order valence-electron chi connectivity index (χ1n) is 5.93. The molecule has 1 atom stereocenters. The molecule has 0 bridgehead atoms. The molecule has 96 valence electrons. The van der Waals surface area contributed by atoms with Crippen LogP contribution in [0.4, 0.5) is 0 Å². The molecule has 0 fully saturated rings. The summed E-state index contributed by atoms with van der Waals surface area (Å²) >= 11 is 6.10. The molecule has 0 unspecified atom stereocenters. The Morgan fingerprint density at radius 3 is 2.82 bits per heavy atom. The van der Waals surface area contributed by atoms with Crippen LogP contribution in [0.25, 0.3) is 0 Å². The standard InChI is InChI=1S/C13H20ClNO2/c1-3-6-17-13-5-4-11(7-12(13)14)9-15-8-10(2)16/h4-5,7,10,15-16H,3,6,8-9H2,1-2H3/t10-/m0/s1. The molecular formula is C13H20ClNO2. The lowest BCUT2D eigenvalue weighted by atomic mass is 10.2. The van der Waals surface area contributed by atoms with Crippen molar-refractivity contribution in [2.24, 2.45) is 0 Å². The number of nitrogens with one attached hydrogen (secondary N) is 1. The van der Waals surface area contributed by atoms with E-state index in [-0.39, 0.29) is 6.10 Å². The molecule has 0 saturated carbocycles. The molecule has 0 aliphatic carbocycles. The van der Waals surface area contributed by atoms with Gasteiger partial charge in [0.1, 0.15) is 5.75 Å². The van der Waals surface area contributed by atoms with E-state index < -0.39 is 0 Å². The Bertz CT molecular complexity index is 342. The van der Waals surface area contributed by atoms with Crippen LogP contribution in [0.1, 0.15) is 25.8 Å². The SMILES string of the molecule is CCCOc1ccc(CNC[C@H](C)O)cc1Cl. The molecule has 1 aromatic rings. The fourth-order valence-electron chi connectivity index (χ4n) is 1.41. The van der Waals surface area contributed by atoms with Crippen LogP contribution in [0.3, 0.4) is 0 Å². The Labute approximate surface area is 108 Å². The van der Waals surface area contributed by atoms with E-state index in [0.29, 0.717) is 24.7 Å². The molecule has 0 radical (unpaired) electrons. The number of aliphatic hydroxyl groups excluding tert-OH is 1. The van der Waals surface area contributed by atoms with Crippen molar-refractivity contribution >= 4 is 11.6 Å². The lowest BCUT2D eigenvalue weighted by Crippen LogP contribution is -2.23. The molecule has 1 rings (SSSR count). The van der Waals surface area contributed by atoms with Gasteiger partial charge in [0, 0.05) is 13.1 Å². The van der Waals surface area contributed by atoms with Gasteiger partial charge >= 0.3 is 0 Å². The van der Waals surface area contributed by atoms with Crippen molar-refractivity contribution in [3.05, 3.63) is 28.8 Å². The first-order valence-corrected chi connectivity index (χ1v) is 6.31. The molecule has 3 nitrogen and oxygen atoms in total. The van der Waals surface area contributed by atoms with Gasteiger partial charge in [-0.15, -0.1) is 0 Å². The summed E-state index contributed by atoms with van der Waals surface area (Å²) in [4.78, 5) is 0. The minimum atomic E-state index is -0.336. The summed E-state index contributed by atoms with van der Waals surface area (Å²) in [5.74, 6) is 0.729. The Balaban J connectivity index is 2.50. The van der Waals surface area contributed by atoms with E-state index in [4.69, 9.17) is 21.4 Å². The molecule has 0 saturated heterocycles. The first-order chi connectivity index (χ1) is 8.13. The topological polar surface area (TPSA) is 41.5 Å². The first kappa shape index (κ1) is 14.3. The van der Waals surface area contributed by atoms with Gasteiger partial charge in [-0.05, 0) is 31.0 Å². The fourth-order valence-corrected chi connectivity index (χ4v) is 1.67. The van der Waals surface area contributed by atoms with Crippen molar-refractivity contribution < 1.29 is 9.84 Å². The number of hydrogen-bond donors (Lipinski definition) is 2. The zero-order valence-electron chi connectivity index (χ0n) is 10.4. The Morgan fingerprint density at radius 2 is 2.24 bits per heavy atom. The number of aliphatic hydroxyl groups is 1. The number of halogens is 1. The summed E-state index contributed by atoms with van der Waals surface area (Å²) in [6.45, 7) is 5.76. The zero-order valence-corrected chi connectivity index (χ0v) is 11.1. The average molecular weight is 258 g/mol. The van der Waals surface area contributed by atoms with Crippen molar-refractivity contribution in [2.45, 2.75) is 32.9 Å². The average Bonchev–Trinajstić information content (AvgIpc) is 2.27. The van der Waals surface area contributed by atoms with Crippen LogP contribution in [0.5, 0.6) is 5.75 Å². The molecule has 2 N–H and O–H groups in total. The van der Waals surface area contributed by atoms with Crippen LogP contribution in [0.2, 0.25) is 5.02 Å². The third kappa shape index (κ3) is 5.39. The highest BCUT2D eigenvalue weighted by Crippen LogP contribution is 2.25. The quantitative estimate of drug-likeness (QED) is 0.789. The van der Waals surface area contributed by atoms with Crippen molar-refractivity contribution in [3.8, 4) is 5.75 Å². The van der Waals surface area contributed by atoms with Crippen LogP contribution in [0, 0.1) is 0 Å². The van der Waals surface area contributed by atoms with Crippen LogP contribution in [-0.4, -0.2) is 24.4 Å². The second-order valence-electron chi connectivity index (χ2n) is 4.09. The number of benzene rings is 1. The summed E-state index contributed by atoms with van der Waals surface area (Å²) in [5.41, 5.74) is 1.08. The highest BCUT2D eigenvalue weighted by atomic mass is 35.5. The monoisotopic (exact) mass is 257 g/mol. The molecule has 0 aliphatic rings. The van der Waals surface area contributed by atoms with Crippen molar-refractivity contribution in [1.29, 1.82) is 0 Å². The lowest BCUT2D eigenvalue weighted by Gasteiger charge is -2.10. The molecule has 4 heteroatoms. The van der Waals surface area contributed by atoms with Gasteiger partial charge in [-0.2, -0.15) is 0 Å². The fraction of sp³-hybridized carbons (Fsp3) is 0.538. The van der Waals surface area contributed by atoms with Gasteiger partial charge in [0.05, 0.1) is 17.7 Å². The van der Waals surface area contributed by atoms with Crippen LogP contribution < -0.4 is 10.1 Å². The summed E-state index contributed by atoms with van der Waals surface area (Å²) in [6.07, 6.45) is 0.631. The minimum absolute atomic E-state index is 0.336. The van der Waals surface area contributed by atoms with Crippen molar-refractivity contribution in [2.75, 3.05) is 13.2 Å². The van der Waals surface area contributed by atoms with E-state index in [9.17, 15) is 0 Å². The number of hydrogen-bond acceptors (Lipinski definition) is 3. The van der Waals surface area contributed by atoms with Gasteiger partial charge < -0.3 is 15.2 Å². The highest BCUT2D eigenvalue weighted by molar-refractivity contribution is 6.32. The second-order valence-corrected chi connectivity index (χ2v) is 4.50. The third-order valence-corrected chi connectivity index (χ3v) is 2.52. The van der Waals surface area contributed by atoms with E-state index in [1.165, 1.54) is 0 Å². The maximum absolute atomic E-state index is 9.12. The molecule has 0 heterocycles. The van der Waals surface area contributed by atoms with Gasteiger partial charge in [0.25, 0.3) is 0 Å². The summed E-state index contributed by atoms with van der Waals surface area (Å²) in [5, 5.41) is 12.9. The lowest BCUT2D eigenvalue weighted by molar-refractivity contribution is 0.191. The van der Waals surface area contributed by atoms with Gasteiger partial charge in [-0.25, -0.2) is 0 Å². The Hall–Kier alpha value is -0.770. The summed E-state index contributed by atoms with van der Waals surface area (Å²) in [7, 11) is 0. The van der Waals surface area contributed by atoms with E-state index in [0.717, 1.165) is 17.7 Å². The van der Waals surface area contributed by atoms with Crippen molar-refractivity contribution in [1.82, 2.24) is 5.32 Å². The highest BCUT2D eigenvalue weighted by Gasteiger charge is 2.03. The molecule has 1 aromatic carbocycles. The maximum atomic E-state index is 9.12. The predicted octanol–water partition coefficient (Wildman–Crippen LogP) is 2.60. The van der Waals surface area contributed by atoms with E-state index in [1.54, 1.807) is 6.92 Å².